The quantitative estimate of drug-likeness (QED) is 0.737. The molecule has 3 heterocycles. The molecule has 2 amide bonds. The van der Waals surface area contributed by atoms with Crippen molar-refractivity contribution in [3.05, 3.63) is 23.9 Å². The molecule has 148 valence electrons. The minimum atomic E-state index is -0.489. The second kappa shape index (κ2) is 9.01. The number of piperazine rings is 1. The van der Waals surface area contributed by atoms with Crippen LogP contribution < -0.4 is 10.6 Å². The van der Waals surface area contributed by atoms with Gasteiger partial charge in [-0.1, -0.05) is 0 Å². The number of carbonyl (C=O) groups excluding carboxylic acids is 2. The van der Waals surface area contributed by atoms with Gasteiger partial charge in [-0.15, -0.1) is 0 Å². The number of aromatic nitrogens is 1. The first-order chi connectivity index (χ1) is 13.1. The average molecular weight is 377 g/mol. The zero-order valence-corrected chi connectivity index (χ0v) is 15.4. The Labute approximate surface area is 158 Å². The molecule has 0 saturated carbocycles. The largest absolute Gasteiger partial charge is 0.446 e. The summed E-state index contributed by atoms with van der Waals surface area (Å²) in [6.45, 7) is 5.07. The van der Waals surface area contributed by atoms with Crippen molar-refractivity contribution in [2.75, 3.05) is 57.3 Å². The summed E-state index contributed by atoms with van der Waals surface area (Å²) in [6, 6.07) is 3.46. The summed E-state index contributed by atoms with van der Waals surface area (Å²) in [7, 11) is 0. The maximum atomic E-state index is 12.3. The molecule has 9 heteroatoms. The molecule has 2 saturated heterocycles. The number of amides is 2. The second-order valence-corrected chi connectivity index (χ2v) is 6.89. The van der Waals surface area contributed by atoms with Gasteiger partial charge in [0.15, 0.2) is 0 Å². The summed E-state index contributed by atoms with van der Waals surface area (Å²) in [6.07, 6.45) is 2.64. The van der Waals surface area contributed by atoms with Crippen molar-refractivity contribution in [2.24, 2.45) is 5.73 Å². The Morgan fingerprint density at radius 2 is 1.85 bits per heavy atom. The molecule has 0 spiro atoms. The van der Waals surface area contributed by atoms with Gasteiger partial charge in [0.05, 0.1) is 12.2 Å². The van der Waals surface area contributed by atoms with Gasteiger partial charge in [-0.25, -0.2) is 9.78 Å². The first kappa shape index (κ1) is 19.4. The molecule has 1 aromatic rings. The highest BCUT2D eigenvalue weighted by atomic mass is 16.6. The van der Waals surface area contributed by atoms with Crippen LogP contribution in [0, 0.1) is 0 Å². The molecule has 0 radical (unpaired) electrons. The first-order valence-corrected chi connectivity index (χ1v) is 9.36. The summed E-state index contributed by atoms with van der Waals surface area (Å²) >= 11 is 0. The molecule has 0 aromatic carbocycles. The van der Waals surface area contributed by atoms with E-state index in [4.69, 9.17) is 15.6 Å². The number of primary amides is 1. The van der Waals surface area contributed by atoms with Gasteiger partial charge in [-0.05, 0) is 12.1 Å². The third kappa shape index (κ3) is 5.08. The minimum absolute atomic E-state index is 0.0888. The Morgan fingerprint density at radius 3 is 2.41 bits per heavy atom. The number of rotatable bonds is 5. The maximum absolute atomic E-state index is 12.3. The average Bonchev–Trinajstić information content (AvgIpc) is 2.69. The monoisotopic (exact) mass is 377 g/mol. The Kier molecular flexibility index (Phi) is 6.46. The first-order valence-electron chi connectivity index (χ1n) is 9.36. The highest BCUT2D eigenvalue weighted by molar-refractivity contribution is 5.92. The smallest absolute Gasteiger partial charge is 0.410 e. The number of nitrogens with two attached hydrogens (primary N) is 1. The van der Waals surface area contributed by atoms with Gasteiger partial charge in [-0.2, -0.15) is 0 Å². The molecule has 2 aliphatic rings. The van der Waals surface area contributed by atoms with E-state index in [9.17, 15) is 9.59 Å². The van der Waals surface area contributed by atoms with Crippen LogP contribution in [0.3, 0.4) is 0 Å². The summed E-state index contributed by atoms with van der Waals surface area (Å²) in [5.74, 6) is 0.307. The lowest BCUT2D eigenvalue weighted by molar-refractivity contribution is 0.0358. The fourth-order valence-electron chi connectivity index (χ4n) is 3.43. The van der Waals surface area contributed by atoms with Crippen LogP contribution in [0.5, 0.6) is 0 Å². The maximum Gasteiger partial charge on any atom is 0.410 e. The van der Waals surface area contributed by atoms with Crippen molar-refractivity contribution >= 4 is 17.8 Å². The van der Waals surface area contributed by atoms with E-state index < -0.39 is 5.91 Å². The number of carbonyl (C=O) groups is 2. The Hall–Kier alpha value is -2.39. The van der Waals surface area contributed by atoms with Crippen LogP contribution in [0.15, 0.2) is 18.3 Å². The van der Waals surface area contributed by atoms with E-state index in [0.717, 1.165) is 44.8 Å². The van der Waals surface area contributed by atoms with E-state index in [2.05, 4.69) is 14.8 Å². The van der Waals surface area contributed by atoms with Crippen LogP contribution in [-0.4, -0.2) is 90.4 Å². The third-order valence-electron chi connectivity index (χ3n) is 5.11. The van der Waals surface area contributed by atoms with Gasteiger partial charge in [0.1, 0.15) is 11.9 Å². The summed E-state index contributed by atoms with van der Waals surface area (Å²) in [5.41, 5.74) is 5.62. The van der Waals surface area contributed by atoms with Gasteiger partial charge in [0.2, 0.25) is 5.91 Å². The predicted molar refractivity (Wildman–Crippen MR) is 99.6 cm³/mol. The molecule has 0 aliphatic carbocycles. The molecule has 9 nitrogen and oxygen atoms in total. The standard InChI is InChI=1S/C18H27N5O4/c19-17(25)14-1-2-16(20-13-14)22-5-3-15(4-6-22)27-18(26)23-9-7-21(8-10-23)11-12-24/h1-2,13,15,24H,3-12H2,(H2,19,25). The summed E-state index contributed by atoms with van der Waals surface area (Å²) in [5, 5.41) is 8.98. The molecule has 0 bridgehead atoms. The van der Waals surface area contributed by atoms with Crippen molar-refractivity contribution in [1.29, 1.82) is 0 Å². The topological polar surface area (TPSA) is 112 Å². The zero-order chi connectivity index (χ0) is 19.2. The van der Waals surface area contributed by atoms with E-state index >= 15 is 0 Å². The van der Waals surface area contributed by atoms with Crippen LogP contribution in [0.4, 0.5) is 10.6 Å². The van der Waals surface area contributed by atoms with Gasteiger partial charge in [0, 0.05) is 64.9 Å². The number of nitrogens with zero attached hydrogens (tertiary/aromatic N) is 4. The molecule has 27 heavy (non-hydrogen) atoms. The number of aliphatic hydroxyl groups excluding tert-OH is 1. The van der Waals surface area contributed by atoms with Gasteiger partial charge in [0.25, 0.3) is 0 Å². The highest BCUT2D eigenvalue weighted by Crippen LogP contribution is 2.20. The van der Waals surface area contributed by atoms with Crippen molar-refractivity contribution in [3.63, 3.8) is 0 Å². The molecule has 1 aromatic heterocycles. The number of piperidine rings is 1. The SMILES string of the molecule is NC(=O)c1ccc(N2CCC(OC(=O)N3CCN(CCO)CC3)CC2)nc1. The number of pyridine rings is 1. The second-order valence-electron chi connectivity index (χ2n) is 6.89. The number of hydrogen-bond acceptors (Lipinski definition) is 7. The molecule has 3 rings (SSSR count). The molecular weight excluding hydrogens is 350 g/mol. The number of anilines is 1. The Balaban J connectivity index is 1.43. The van der Waals surface area contributed by atoms with Gasteiger partial charge >= 0.3 is 6.09 Å². The zero-order valence-electron chi connectivity index (χ0n) is 15.4. The van der Waals surface area contributed by atoms with Crippen LogP contribution in [0.1, 0.15) is 23.2 Å². The molecule has 3 N–H and O–H groups in total. The van der Waals surface area contributed by atoms with E-state index in [-0.39, 0.29) is 18.8 Å². The number of β-amino-alcohol motifs (C(OH)–C–C–N with tert-alkyl or cyclic N) is 1. The molecule has 0 unspecified atom stereocenters. The highest BCUT2D eigenvalue weighted by Gasteiger charge is 2.27. The van der Waals surface area contributed by atoms with E-state index in [1.54, 1.807) is 17.0 Å². The fourth-order valence-corrected chi connectivity index (χ4v) is 3.43. The molecular formula is C18H27N5O4. The predicted octanol–water partition coefficient (Wildman–Crippen LogP) is -0.104. The lowest BCUT2D eigenvalue weighted by Crippen LogP contribution is -2.50. The molecule has 2 fully saturated rings. The van der Waals surface area contributed by atoms with Gasteiger partial charge in [-0.3, -0.25) is 9.69 Å². The summed E-state index contributed by atoms with van der Waals surface area (Å²) < 4.78 is 5.67. The Bertz CT molecular complexity index is 638. The van der Waals surface area contributed by atoms with Crippen molar-refractivity contribution in [2.45, 2.75) is 18.9 Å². The van der Waals surface area contributed by atoms with Crippen LogP contribution in [0.2, 0.25) is 0 Å². The lowest BCUT2D eigenvalue weighted by Gasteiger charge is -2.36. The number of ether oxygens (including phenoxy) is 1. The van der Waals surface area contributed by atoms with E-state index in [1.165, 1.54) is 6.20 Å². The summed E-state index contributed by atoms with van der Waals surface area (Å²) in [4.78, 5) is 33.8. The van der Waals surface area contributed by atoms with Gasteiger partial charge < -0.3 is 25.4 Å². The van der Waals surface area contributed by atoms with Crippen molar-refractivity contribution in [1.82, 2.24) is 14.8 Å². The molecule has 0 atom stereocenters. The third-order valence-corrected chi connectivity index (χ3v) is 5.11. The molecule has 2 aliphatic heterocycles. The normalized spacial score (nSPS) is 19.1. The Morgan fingerprint density at radius 1 is 1.15 bits per heavy atom. The van der Waals surface area contributed by atoms with Crippen LogP contribution >= 0.6 is 0 Å². The van der Waals surface area contributed by atoms with E-state index in [1.807, 2.05) is 0 Å². The van der Waals surface area contributed by atoms with Crippen molar-refractivity contribution in [3.8, 4) is 0 Å². The van der Waals surface area contributed by atoms with Crippen LogP contribution in [0.25, 0.3) is 0 Å². The van der Waals surface area contributed by atoms with Crippen LogP contribution in [-0.2, 0) is 4.74 Å². The number of hydrogen-bond donors (Lipinski definition) is 2. The van der Waals surface area contributed by atoms with Crippen molar-refractivity contribution < 1.29 is 19.4 Å². The lowest BCUT2D eigenvalue weighted by atomic mass is 10.1. The van der Waals surface area contributed by atoms with E-state index in [0.29, 0.717) is 25.2 Å². The fraction of sp³-hybridized carbons (Fsp3) is 0.611. The minimum Gasteiger partial charge on any atom is -0.446 e. The number of aliphatic hydroxyl groups is 1.